The first-order valence-electron chi connectivity index (χ1n) is 11.6. The van der Waals surface area contributed by atoms with Crippen LogP contribution in [0.4, 0.5) is 5.69 Å². The zero-order valence-corrected chi connectivity index (χ0v) is 19.7. The van der Waals surface area contributed by atoms with Crippen molar-refractivity contribution in [2.45, 2.75) is 51.2 Å². The van der Waals surface area contributed by atoms with Crippen LogP contribution in [0.25, 0.3) is 0 Å². The largest absolute Gasteiger partial charge is 0.351 e. The van der Waals surface area contributed by atoms with Gasteiger partial charge in [-0.2, -0.15) is 4.99 Å². The minimum absolute atomic E-state index is 0.000554. The third-order valence-corrected chi connectivity index (χ3v) is 7.49. The fraction of sp³-hybridized carbons (Fsp3) is 0.583. The monoisotopic (exact) mass is 456 g/mol. The third kappa shape index (κ3) is 5.52. The summed E-state index contributed by atoms with van der Waals surface area (Å²) in [5.74, 6) is 0.507. The van der Waals surface area contributed by atoms with Crippen LogP contribution in [0.5, 0.6) is 0 Å². The van der Waals surface area contributed by atoms with Gasteiger partial charge in [0.1, 0.15) is 5.25 Å². The van der Waals surface area contributed by atoms with Crippen molar-refractivity contribution in [1.29, 1.82) is 0 Å². The number of rotatable bonds is 4. The summed E-state index contributed by atoms with van der Waals surface area (Å²) in [7, 11) is 0. The maximum absolute atomic E-state index is 13.0. The summed E-state index contributed by atoms with van der Waals surface area (Å²) >= 11 is 1.40. The first kappa shape index (κ1) is 22.8. The number of anilines is 1. The molecule has 1 N–H and O–H groups in total. The molecule has 0 saturated carbocycles. The Morgan fingerprint density at radius 2 is 1.84 bits per heavy atom. The maximum atomic E-state index is 13.0. The van der Waals surface area contributed by atoms with Gasteiger partial charge < -0.3 is 15.1 Å². The van der Waals surface area contributed by atoms with E-state index in [0.29, 0.717) is 23.1 Å². The quantitative estimate of drug-likeness (QED) is 0.748. The number of nitrogens with one attached hydrogen (secondary N) is 1. The Morgan fingerprint density at radius 1 is 1.12 bits per heavy atom. The molecule has 3 atom stereocenters. The second kappa shape index (κ2) is 10.1. The maximum Gasteiger partial charge on any atom is 0.262 e. The van der Waals surface area contributed by atoms with E-state index in [0.717, 1.165) is 50.6 Å². The standard InChI is InChI=1S/C24H32N4O3S/c1-16-11-17(2)15-28(14-16)23(31)18-7-6-8-19(12-18)25-21(29)13-20-22(30)26-24(32-20)27-9-4-3-5-10-27/h6-8,12,16-17,20H,3-5,9-11,13-15H2,1-2H3,(H,25,29)/t16-,17+,20-/m0/s1. The van der Waals surface area contributed by atoms with Crippen LogP contribution in [0, 0.1) is 11.8 Å². The molecule has 2 fully saturated rings. The van der Waals surface area contributed by atoms with Gasteiger partial charge in [-0.25, -0.2) is 0 Å². The van der Waals surface area contributed by atoms with Crippen LogP contribution in [0.2, 0.25) is 0 Å². The average Bonchev–Trinajstić information content (AvgIpc) is 3.13. The highest BCUT2D eigenvalue weighted by molar-refractivity contribution is 8.15. The number of amidine groups is 1. The highest BCUT2D eigenvalue weighted by Crippen LogP contribution is 2.29. The number of nitrogens with zero attached hydrogens (tertiary/aromatic N) is 3. The minimum atomic E-state index is -0.479. The number of aliphatic imine (C=N–C) groups is 1. The second-order valence-electron chi connectivity index (χ2n) is 9.38. The minimum Gasteiger partial charge on any atom is -0.351 e. The molecule has 2 saturated heterocycles. The number of likely N-dealkylation sites (tertiary alicyclic amines) is 2. The van der Waals surface area contributed by atoms with Crippen LogP contribution in [0.1, 0.15) is 56.3 Å². The summed E-state index contributed by atoms with van der Waals surface area (Å²) < 4.78 is 0. The number of amides is 3. The van der Waals surface area contributed by atoms with E-state index in [1.165, 1.54) is 18.2 Å². The molecule has 4 rings (SSSR count). The molecule has 8 heteroatoms. The fourth-order valence-electron chi connectivity index (χ4n) is 4.85. The normalized spacial score (nSPS) is 26.1. The lowest BCUT2D eigenvalue weighted by molar-refractivity contribution is -0.121. The van der Waals surface area contributed by atoms with E-state index in [1.54, 1.807) is 24.3 Å². The predicted octanol–water partition coefficient (Wildman–Crippen LogP) is 3.62. The summed E-state index contributed by atoms with van der Waals surface area (Å²) in [4.78, 5) is 46.2. The van der Waals surface area contributed by atoms with E-state index in [9.17, 15) is 14.4 Å². The molecule has 3 heterocycles. The average molecular weight is 457 g/mol. The zero-order chi connectivity index (χ0) is 22.7. The van der Waals surface area contributed by atoms with Crippen molar-refractivity contribution in [2.24, 2.45) is 16.8 Å². The summed E-state index contributed by atoms with van der Waals surface area (Å²) in [6.45, 7) is 7.73. The molecule has 0 unspecified atom stereocenters. The highest BCUT2D eigenvalue weighted by Gasteiger charge is 2.33. The SMILES string of the molecule is C[C@@H]1C[C@H](C)CN(C(=O)c2cccc(NC(=O)C[C@@H]3SC(N4CCCCC4)=NC3=O)c2)C1. The van der Waals surface area contributed by atoms with Gasteiger partial charge in [0.15, 0.2) is 5.17 Å². The van der Waals surface area contributed by atoms with Crippen molar-refractivity contribution in [1.82, 2.24) is 9.80 Å². The molecule has 1 aromatic carbocycles. The van der Waals surface area contributed by atoms with Gasteiger partial charge in [0, 0.05) is 43.9 Å². The number of carbonyl (C=O) groups excluding carboxylic acids is 3. The molecule has 0 radical (unpaired) electrons. The van der Waals surface area contributed by atoms with Gasteiger partial charge in [0.2, 0.25) is 5.91 Å². The van der Waals surface area contributed by atoms with Crippen molar-refractivity contribution in [3.63, 3.8) is 0 Å². The Kier molecular flexibility index (Phi) is 7.18. The number of thioether (sulfide) groups is 1. The Morgan fingerprint density at radius 3 is 2.56 bits per heavy atom. The topological polar surface area (TPSA) is 82.1 Å². The van der Waals surface area contributed by atoms with Crippen molar-refractivity contribution in [3.8, 4) is 0 Å². The van der Waals surface area contributed by atoms with Gasteiger partial charge in [-0.3, -0.25) is 14.4 Å². The summed E-state index contributed by atoms with van der Waals surface area (Å²) in [6, 6.07) is 7.07. The van der Waals surface area contributed by atoms with Crippen LogP contribution in [-0.2, 0) is 9.59 Å². The molecule has 3 amide bonds. The van der Waals surface area contributed by atoms with E-state index in [-0.39, 0.29) is 24.1 Å². The van der Waals surface area contributed by atoms with E-state index >= 15 is 0 Å². The number of benzene rings is 1. The Balaban J connectivity index is 1.33. The number of carbonyl (C=O) groups is 3. The van der Waals surface area contributed by atoms with Gasteiger partial charge in [0.25, 0.3) is 11.8 Å². The van der Waals surface area contributed by atoms with Crippen molar-refractivity contribution in [2.75, 3.05) is 31.5 Å². The molecule has 3 aliphatic heterocycles. The van der Waals surface area contributed by atoms with E-state index in [1.807, 2.05) is 4.90 Å². The lowest BCUT2D eigenvalue weighted by atomic mass is 9.91. The molecule has 0 bridgehead atoms. The van der Waals surface area contributed by atoms with Gasteiger partial charge in [-0.15, -0.1) is 0 Å². The number of piperidine rings is 2. The van der Waals surface area contributed by atoms with Crippen molar-refractivity contribution < 1.29 is 14.4 Å². The highest BCUT2D eigenvalue weighted by atomic mass is 32.2. The van der Waals surface area contributed by atoms with Crippen LogP contribution in [0.15, 0.2) is 29.3 Å². The zero-order valence-electron chi connectivity index (χ0n) is 18.9. The van der Waals surface area contributed by atoms with Crippen LogP contribution in [-0.4, -0.2) is 64.1 Å². The lowest BCUT2D eigenvalue weighted by Crippen LogP contribution is -2.42. The fourth-order valence-corrected chi connectivity index (χ4v) is 5.97. The third-order valence-electron chi connectivity index (χ3n) is 6.28. The number of hydrogen-bond donors (Lipinski definition) is 1. The molecule has 7 nitrogen and oxygen atoms in total. The van der Waals surface area contributed by atoms with Gasteiger partial charge in [-0.05, 0) is 55.7 Å². The summed E-state index contributed by atoms with van der Waals surface area (Å²) in [6.07, 6.45) is 4.66. The Labute approximate surface area is 194 Å². The van der Waals surface area contributed by atoms with Gasteiger partial charge in [0.05, 0.1) is 0 Å². The number of hydrogen-bond acceptors (Lipinski definition) is 5. The molecule has 1 aromatic rings. The summed E-state index contributed by atoms with van der Waals surface area (Å²) in [5.41, 5.74) is 1.15. The predicted molar refractivity (Wildman–Crippen MR) is 128 cm³/mol. The second-order valence-corrected chi connectivity index (χ2v) is 10.5. The van der Waals surface area contributed by atoms with E-state index < -0.39 is 5.25 Å². The van der Waals surface area contributed by atoms with Crippen molar-refractivity contribution >= 4 is 40.3 Å². The molecule has 0 aromatic heterocycles. The van der Waals surface area contributed by atoms with Crippen molar-refractivity contribution in [3.05, 3.63) is 29.8 Å². The first-order valence-corrected chi connectivity index (χ1v) is 12.5. The van der Waals surface area contributed by atoms with E-state index in [4.69, 9.17) is 0 Å². The Hall–Kier alpha value is -2.35. The molecule has 32 heavy (non-hydrogen) atoms. The van der Waals surface area contributed by atoms with Gasteiger partial charge in [-0.1, -0.05) is 31.7 Å². The molecule has 172 valence electrons. The lowest BCUT2D eigenvalue weighted by Gasteiger charge is -2.35. The summed E-state index contributed by atoms with van der Waals surface area (Å²) in [5, 5.41) is 3.14. The first-order chi connectivity index (χ1) is 15.4. The van der Waals surface area contributed by atoms with Crippen LogP contribution >= 0.6 is 11.8 Å². The van der Waals surface area contributed by atoms with E-state index in [2.05, 4.69) is 29.1 Å². The van der Waals surface area contributed by atoms with Crippen LogP contribution < -0.4 is 5.32 Å². The molecule has 0 spiro atoms. The molecule has 3 aliphatic rings. The van der Waals surface area contributed by atoms with Crippen LogP contribution in [0.3, 0.4) is 0 Å². The Bertz CT molecular complexity index is 902. The molecular formula is C24H32N4O3S. The van der Waals surface area contributed by atoms with Gasteiger partial charge >= 0.3 is 0 Å². The molecular weight excluding hydrogens is 424 g/mol. The molecule has 0 aliphatic carbocycles. The smallest absolute Gasteiger partial charge is 0.262 e.